The van der Waals surface area contributed by atoms with E-state index in [0.29, 0.717) is 5.56 Å². The summed E-state index contributed by atoms with van der Waals surface area (Å²) in [5.41, 5.74) is 6.97. The first kappa shape index (κ1) is 21.3. The topological polar surface area (TPSA) is 41.1 Å². The average molecular weight is 418 g/mol. The summed E-state index contributed by atoms with van der Waals surface area (Å²) in [6.07, 6.45) is 3.97. The number of hydrogen-bond donors (Lipinski definition) is 0. The van der Waals surface area contributed by atoms with E-state index in [9.17, 15) is 5.26 Å². The smallest absolute Gasteiger partial charge is 0.151 e. The van der Waals surface area contributed by atoms with Gasteiger partial charge in [-0.2, -0.15) is 5.26 Å². The normalized spacial score (nSPS) is 11.0. The molecule has 1 aromatic heterocycles. The Hall–Kier alpha value is -3.90. The number of aliphatic imine (C=N–C) groups is 1. The Balaban J connectivity index is 2.01. The summed E-state index contributed by atoms with van der Waals surface area (Å²) >= 11 is 0. The predicted molar refractivity (Wildman–Crippen MR) is 133 cm³/mol. The molecule has 158 valence electrons. The number of benzene rings is 3. The molecule has 3 nitrogen and oxygen atoms in total. The first-order valence-corrected chi connectivity index (χ1v) is 11.1. The molecule has 0 N–H and O–H groups in total. The molecule has 4 aromatic rings. The summed E-state index contributed by atoms with van der Waals surface area (Å²) in [5.74, 6) is 0.724. The van der Waals surface area contributed by atoms with Gasteiger partial charge in [0.2, 0.25) is 0 Å². The largest absolute Gasteiger partial charge is 0.324 e. The molecule has 0 atom stereocenters. The van der Waals surface area contributed by atoms with Crippen LogP contribution in [0.2, 0.25) is 0 Å². The van der Waals surface area contributed by atoms with Gasteiger partial charge in [-0.1, -0.05) is 98.3 Å². The minimum absolute atomic E-state index is 0.621. The second kappa shape index (κ2) is 9.94. The van der Waals surface area contributed by atoms with Crippen LogP contribution in [-0.2, 0) is 6.54 Å². The van der Waals surface area contributed by atoms with Crippen LogP contribution >= 0.6 is 0 Å². The summed E-state index contributed by atoms with van der Waals surface area (Å²) in [5, 5.41) is 10.3. The summed E-state index contributed by atoms with van der Waals surface area (Å²) in [6.45, 7) is 5.07. The van der Waals surface area contributed by atoms with Gasteiger partial charge >= 0.3 is 0 Å². The van der Waals surface area contributed by atoms with Crippen molar-refractivity contribution >= 4 is 12.0 Å². The summed E-state index contributed by atoms with van der Waals surface area (Å²) in [7, 11) is 0. The van der Waals surface area contributed by atoms with Crippen LogP contribution in [-0.4, -0.2) is 10.8 Å². The molecule has 0 bridgehead atoms. The lowest BCUT2D eigenvalue weighted by Gasteiger charge is -2.13. The van der Waals surface area contributed by atoms with Crippen LogP contribution in [0.4, 0.5) is 5.82 Å². The minimum atomic E-state index is 0.621. The molecule has 0 fully saturated rings. The Bertz CT molecular complexity index is 1260. The van der Waals surface area contributed by atoms with E-state index in [-0.39, 0.29) is 0 Å². The fourth-order valence-electron chi connectivity index (χ4n) is 4.02. The number of rotatable bonds is 7. The van der Waals surface area contributed by atoms with Gasteiger partial charge < -0.3 is 4.57 Å². The highest BCUT2D eigenvalue weighted by Crippen LogP contribution is 2.42. The number of unbranched alkanes of at least 4 members (excludes halogenated alkanes) is 1. The highest BCUT2D eigenvalue weighted by molar-refractivity contribution is 5.92. The van der Waals surface area contributed by atoms with Gasteiger partial charge in [-0.15, -0.1) is 0 Å². The van der Waals surface area contributed by atoms with Crippen LogP contribution in [0.25, 0.3) is 22.4 Å². The molecular weight excluding hydrogens is 390 g/mol. The zero-order chi connectivity index (χ0) is 22.3. The second-order valence-corrected chi connectivity index (χ2v) is 7.89. The molecule has 32 heavy (non-hydrogen) atoms. The third-order valence-corrected chi connectivity index (χ3v) is 5.71. The van der Waals surface area contributed by atoms with Crippen LogP contribution in [0, 0.1) is 18.3 Å². The summed E-state index contributed by atoms with van der Waals surface area (Å²) < 4.78 is 2.23. The van der Waals surface area contributed by atoms with Crippen molar-refractivity contribution in [1.82, 2.24) is 4.57 Å². The molecule has 1 heterocycles. The molecule has 0 aliphatic rings. The Morgan fingerprint density at radius 3 is 2.12 bits per heavy atom. The van der Waals surface area contributed by atoms with E-state index in [2.05, 4.69) is 60.9 Å². The van der Waals surface area contributed by atoms with E-state index in [4.69, 9.17) is 4.99 Å². The maximum absolute atomic E-state index is 10.3. The fraction of sp³-hybridized carbons (Fsp3) is 0.172. The number of aromatic nitrogens is 1. The maximum Gasteiger partial charge on any atom is 0.151 e. The zero-order valence-corrected chi connectivity index (χ0v) is 18.6. The molecule has 0 unspecified atom stereocenters. The molecule has 0 amide bonds. The summed E-state index contributed by atoms with van der Waals surface area (Å²) in [6, 6.07) is 31.2. The predicted octanol–water partition coefficient (Wildman–Crippen LogP) is 7.55. The van der Waals surface area contributed by atoms with Crippen LogP contribution in [0.15, 0.2) is 89.9 Å². The van der Waals surface area contributed by atoms with Gasteiger partial charge in [0.25, 0.3) is 0 Å². The zero-order valence-electron chi connectivity index (χ0n) is 18.6. The Labute approximate surface area is 190 Å². The van der Waals surface area contributed by atoms with Gasteiger partial charge in [0.05, 0.1) is 5.69 Å². The Morgan fingerprint density at radius 1 is 0.875 bits per heavy atom. The van der Waals surface area contributed by atoms with Gasteiger partial charge in [-0.25, -0.2) is 4.99 Å². The number of aryl methyl sites for hydroxylation is 1. The second-order valence-electron chi connectivity index (χ2n) is 7.89. The molecular formula is C29H27N3. The van der Waals surface area contributed by atoms with Crippen LogP contribution in [0.5, 0.6) is 0 Å². The quantitative estimate of drug-likeness (QED) is 0.286. The van der Waals surface area contributed by atoms with Crippen LogP contribution in [0.3, 0.4) is 0 Å². The average Bonchev–Trinajstić information content (AvgIpc) is 3.16. The molecule has 3 aromatic carbocycles. The van der Waals surface area contributed by atoms with Gasteiger partial charge in [0, 0.05) is 18.3 Å². The Morgan fingerprint density at radius 2 is 1.50 bits per heavy atom. The monoisotopic (exact) mass is 417 g/mol. The lowest BCUT2D eigenvalue weighted by atomic mass is 9.98. The first-order valence-electron chi connectivity index (χ1n) is 11.1. The molecule has 0 aliphatic carbocycles. The van der Waals surface area contributed by atoms with Gasteiger partial charge in [-0.05, 0) is 35.6 Å². The van der Waals surface area contributed by atoms with E-state index in [1.54, 1.807) is 0 Å². The lowest BCUT2D eigenvalue weighted by Crippen LogP contribution is -2.01. The van der Waals surface area contributed by atoms with Crippen LogP contribution < -0.4 is 0 Å². The molecule has 0 saturated carbocycles. The van der Waals surface area contributed by atoms with Crippen molar-refractivity contribution in [3.63, 3.8) is 0 Å². The minimum Gasteiger partial charge on any atom is -0.324 e. The van der Waals surface area contributed by atoms with Crippen molar-refractivity contribution in [2.45, 2.75) is 33.2 Å². The van der Waals surface area contributed by atoms with Crippen molar-refractivity contribution in [1.29, 1.82) is 5.26 Å². The summed E-state index contributed by atoms with van der Waals surface area (Å²) in [4.78, 5) is 4.91. The van der Waals surface area contributed by atoms with Gasteiger partial charge in [0.1, 0.15) is 11.6 Å². The molecule has 0 radical (unpaired) electrons. The third kappa shape index (κ3) is 4.26. The van der Waals surface area contributed by atoms with E-state index in [1.165, 1.54) is 0 Å². The van der Waals surface area contributed by atoms with Crippen LogP contribution in [0.1, 0.15) is 36.5 Å². The highest BCUT2D eigenvalue weighted by Gasteiger charge is 2.24. The number of nitrogens with zero attached hydrogens (tertiary/aromatic N) is 3. The molecule has 3 heteroatoms. The van der Waals surface area contributed by atoms with Gasteiger partial charge in [0.15, 0.2) is 5.82 Å². The molecule has 0 aliphatic heterocycles. The molecule has 0 saturated heterocycles. The van der Waals surface area contributed by atoms with E-state index in [1.807, 2.05) is 54.7 Å². The highest BCUT2D eigenvalue weighted by atomic mass is 15.1. The van der Waals surface area contributed by atoms with Crippen molar-refractivity contribution in [3.8, 4) is 28.5 Å². The maximum atomic E-state index is 10.3. The number of nitriles is 1. The van der Waals surface area contributed by atoms with Crippen molar-refractivity contribution < 1.29 is 0 Å². The third-order valence-electron chi connectivity index (χ3n) is 5.71. The Kier molecular flexibility index (Phi) is 6.63. The first-order chi connectivity index (χ1) is 15.7. The standard InChI is InChI=1S/C29H27N3/c1-3-4-19-32-28(24-16-9-6-10-17-24)27(23-14-7-5-8-15-23)26(20-30)29(32)31-21-25-18-12-11-13-22(25)2/h5-18,21H,3-4,19H2,1-2H3/b31-21+. The lowest BCUT2D eigenvalue weighted by molar-refractivity contribution is 0.642. The molecule has 4 rings (SSSR count). The van der Waals surface area contributed by atoms with Gasteiger partial charge in [-0.3, -0.25) is 0 Å². The SMILES string of the molecule is CCCCn1c(/N=C/c2ccccc2C)c(C#N)c(-c2ccccc2)c1-c1ccccc1. The van der Waals surface area contributed by atoms with Crippen molar-refractivity contribution in [2.24, 2.45) is 4.99 Å². The van der Waals surface area contributed by atoms with E-state index in [0.717, 1.165) is 58.7 Å². The fourth-order valence-corrected chi connectivity index (χ4v) is 4.02. The molecule has 0 spiro atoms. The van der Waals surface area contributed by atoms with E-state index >= 15 is 0 Å². The number of hydrogen-bond acceptors (Lipinski definition) is 2. The van der Waals surface area contributed by atoms with E-state index < -0.39 is 0 Å². The van der Waals surface area contributed by atoms with Crippen molar-refractivity contribution in [2.75, 3.05) is 0 Å². The van der Waals surface area contributed by atoms with Crippen molar-refractivity contribution in [3.05, 3.63) is 102 Å².